The molecule has 0 saturated carbocycles. The average molecular weight is 360 g/mol. The Labute approximate surface area is 123 Å². The van der Waals surface area contributed by atoms with Gasteiger partial charge < -0.3 is 16.4 Å². The summed E-state index contributed by atoms with van der Waals surface area (Å²) < 4.78 is 0. The molecule has 4 N–H and O–H groups in total. The van der Waals surface area contributed by atoms with Crippen molar-refractivity contribution in [2.45, 2.75) is 19.4 Å². The van der Waals surface area contributed by atoms with E-state index in [1.807, 2.05) is 29.2 Å². The van der Waals surface area contributed by atoms with Crippen LogP contribution in [0, 0.1) is 0 Å². The lowest BCUT2D eigenvalue weighted by Crippen LogP contribution is -2.23. The van der Waals surface area contributed by atoms with Gasteiger partial charge in [-0.05, 0) is 24.1 Å². The molecule has 1 aliphatic rings. The Bertz CT molecular complexity index is 440. The molecular formula is C12H17IN4O. The molecule has 5 nitrogen and oxygen atoms in total. The van der Waals surface area contributed by atoms with Gasteiger partial charge in [-0.25, -0.2) is 4.99 Å². The molecule has 2 rings (SSSR count). The van der Waals surface area contributed by atoms with Crippen molar-refractivity contribution in [2.24, 2.45) is 16.5 Å². The number of amides is 1. The van der Waals surface area contributed by atoms with E-state index >= 15 is 0 Å². The molecule has 0 bridgehead atoms. The van der Waals surface area contributed by atoms with E-state index in [-0.39, 0.29) is 35.8 Å². The second-order valence-electron chi connectivity index (χ2n) is 4.06. The van der Waals surface area contributed by atoms with Crippen LogP contribution in [-0.2, 0) is 11.3 Å². The van der Waals surface area contributed by atoms with Crippen molar-refractivity contribution in [1.29, 1.82) is 0 Å². The Morgan fingerprint density at radius 1 is 1.28 bits per heavy atom. The van der Waals surface area contributed by atoms with E-state index in [1.54, 1.807) is 0 Å². The zero-order valence-corrected chi connectivity index (χ0v) is 12.3. The summed E-state index contributed by atoms with van der Waals surface area (Å²) in [4.78, 5) is 17.3. The first-order valence-corrected chi connectivity index (χ1v) is 5.61. The zero-order valence-electron chi connectivity index (χ0n) is 10.0. The molecule has 0 aromatic heterocycles. The third kappa shape index (κ3) is 3.59. The number of nitrogens with two attached hydrogens (primary N) is 2. The Morgan fingerprint density at radius 2 is 1.94 bits per heavy atom. The number of halogens is 1. The molecule has 1 heterocycles. The summed E-state index contributed by atoms with van der Waals surface area (Å²) in [5, 5.41) is 0. The summed E-state index contributed by atoms with van der Waals surface area (Å²) in [5.74, 6) is 0.283. The fourth-order valence-corrected chi connectivity index (χ4v) is 1.89. The first kappa shape index (κ1) is 14.7. The van der Waals surface area contributed by atoms with Gasteiger partial charge >= 0.3 is 0 Å². The molecule has 18 heavy (non-hydrogen) atoms. The number of aliphatic imine (C=N–C) groups is 1. The first-order valence-electron chi connectivity index (χ1n) is 5.61. The summed E-state index contributed by atoms with van der Waals surface area (Å²) in [7, 11) is 0. The monoisotopic (exact) mass is 360 g/mol. The predicted molar refractivity (Wildman–Crippen MR) is 83.0 cm³/mol. The van der Waals surface area contributed by atoms with Crippen LogP contribution in [0.25, 0.3) is 0 Å². The van der Waals surface area contributed by atoms with Crippen molar-refractivity contribution < 1.29 is 4.79 Å². The van der Waals surface area contributed by atoms with Crippen LogP contribution in [0.3, 0.4) is 0 Å². The highest BCUT2D eigenvalue weighted by atomic mass is 127. The van der Waals surface area contributed by atoms with Gasteiger partial charge in [0.2, 0.25) is 5.91 Å². The first-order chi connectivity index (χ1) is 8.16. The van der Waals surface area contributed by atoms with Crippen LogP contribution >= 0.6 is 24.0 Å². The van der Waals surface area contributed by atoms with Crippen LogP contribution < -0.4 is 16.4 Å². The summed E-state index contributed by atoms with van der Waals surface area (Å²) in [6.07, 6.45) is 1.59. The highest BCUT2D eigenvalue weighted by molar-refractivity contribution is 14.0. The van der Waals surface area contributed by atoms with Gasteiger partial charge in [-0.2, -0.15) is 0 Å². The molecule has 1 amide bonds. The van der Waals surface area contributed by atoms with Crippen molar-refractivity contribution in [1.82, 2.24) is 0 Å². The van der Waals surface area contributed by atoms with E-state index in [0.29, 0.717) is 13.0 Å². The molecule has 1 aromatic carbocycles. The average Bonchev–Trinajstić information content (AvgIpc) is 2.73. The Kier molecular flexibility index (Phi) is 5.39. The normalized spacial score (nSPS) is 14.2. The number of carbonyl (C=O) groups excluding carboxylic acids is 1. The molecule has 0 aliphatic carbocycles. The molecule has 6 heteroatoms. The molecule has 98 valence electrons. The van der Waals surface area contributed by atoms with Gasteiger partial charge in [0, 0.05) is 18.7 Å². The van der Waals surface area contributed by atoms with Crippen LogP contribution in [0.15, 0.2) is 29.3 Å². The molecule has 0 atom stereocenters. The van der Waals surface area contributed by atoms with Gasteiger partial charge in [-0.3, -0.25) is 4.79 Å². The van der Waals surface area contributed by atoms with Crippen LogP contribution in [0.4, 0.5) is 5.69 Å². The van der Waals surface area contributed by atoms with Crippen LogP contribution in [0.5, 0.6) is 0 Å². The van der Waals surface area contributed by atoms with Crippen molar-refractivity contribution in [3.63, 3.8) is 0 Å². The zero-order chi connectivity index (χ0) is 12.3. The summed E-state index contributed by atoms with van der Waals surface area (Å²) in [5.41, 5.74) is 12.5. The van der Waals surface area contributed by atoms with Gasteiger partial charge in [-0.15, -0.1) is 24.0 Å². The van der Waals surface area contributed by atoms with Gasteiger partial charge in [0.05, 0.1) is 6.54 Å². The quantitative estimate of drug-likeness (QED) is 0.483. The summed E-state index contributed by atoms with van der Waals surface area (Å²) in [6, 6.07) is 7.74. The van der Waals surface area contributed by atoms with Crippen molar-refractivity contribution in [2.75, 3.05) is 11.4 Å². The number of hydrogen-bond donors (Lipinski definition) is 2. The van der Waals surface area contributed by atoms with Gasteiger partial charge in [0.15, 0.2) is 5.96 Å². The third-order valence-corrected chi connectivity index (χ3v) is 2.77. The topological polar surface area (TPSA) is 84.7 Å². The summed E-state index contributed by atoms with van der Waals surface area (Å²) >= 11 is 0. The van der Waals surface area contributed by atoms with E-state index in [4.69, 9.17) is 11.5 Å². The number of benzene rings is 1. The van der Waals surface area contributed by atoms with Gasteiger partial charge in [-0.1, -0.05) is 12.1 Å². The van der Waals surface area contributed by atoms with Gasteiger partial charge in [0.25, 0.3) is 0 Å². The molecular weight excluding hydrogens is 343 g/mol. The lowest BCUT2D eigenvalue weighted by atomic mass is 10.2. The lowest BCUT2D eigenvalue weighted by molar-refractivity contribution is -0.117. The Morgan fingerprint density at radius 3 is 2.44 bits per heavy atom. The fourth-order valence-electron chi connectivity index (χ4n) is 1.89. The van der Waals surface area contributed by atoms with Crippen molar-refractivity contribution in [3.05, 3.63) is 29.8 Å². The van der Waals surface area contributed by atoms with Crippen molar-refractivity contribution in [3.8, 4) is 0 Å². The molecule has 1 fully saturated rings. The molecule has 0 unspecified atom stereocenters. The second kappa shape index (κ2) is 6.58. The van der Waals surface area contributed by atoms with Crippen LogP contribution in [-0.4, -0.2) is 18.4 Å². The molecule has 0 radical (unpaired) electrons. The number of anilines is 1. The third-order valence-electron chi connectivity index (χ3n) is 2.77. The van der Waals surface area contributed by atoms with E-state index in [9.17, 15) is 4.79 Å². The van der Waals surface area contributed by atoms with Crippen LogP contribution in [0.2, 0.25) is 0 Å². The van der Waals surface area contributed by atoms with E-state index < -0.39 is 0 Å². The number of guanidine groups is 1. The van der Waals surface area contributed by atoms with E-state index in [0.717, 1.165) is 24.2 Å². The minimum Gasteiger partial charge on any atom is -0.370 e. The second-order valence-corrected chi connectivity index (χ2v) is 4.06. The summed E-state index contributed by atoms with van der Waals surface area (Å²) in [6.45, 7) is 1.28. The fraction of sp³-hybridized carbons (Fsp3) is 0.333. The maximum Gasteiger partial charge on any atom is 0.227 e. The molecule has 1 aliphatic heterocycles. The largest absolute Gasteiger partial charge is 0.370 e. The minimum absolute atomic E-state index is 0. The standard InChI is InChI=1S/C12H16N4O.HI/c13-12(14)15-8-9-3-5-10(6-4-9)16-7-1-2-11(16)17;/h3-6H,1-2,7-8H2,(H4,13,14,15);1H. The molecule has 0 spiro atoms. The SMILES string of the molecule is I.NC(N)=NCc1ccc(N2CCCC2=O)cc1. The minimum atomic E-state index is 0. The molecule has 1 saturated heterocycles. The number of hydrogen-bond acceptors (Lipinski definition) is 2. The lowest BCUT2D eigenvalue weighted by Gasteiger charge is -2.15. The van der Waals surface area contributed by atoms with Gasteiger partial charge in [0.1, 0.15) is 0 Å². The Hall–Kier alpha value is -1.31. The highest BCUT2D eigenvalue weighted by Crippen LogP contribution is 2.21. The van der Waals surface area contributed by atoms with Crippen LogP contribution in [0.1, 0.15) is 18.4 Å². The molecule has 1 aromatic rings. The van der Waals surface area contributed by atoms with E-state index in [2.05, 4.69) is 4.99 Å². The van der Waals surface area contributed by atoms with E-state index in [1.165, 1.54) is 0 Å². The highest BCUT2D eigenvalue weighted by Gasteiger charge is 2.21. The maximum absolute atomic E-state index is 11.5. The number of rotatable bonds is 3. The number of carbonyl (C=O) groups is 1. The maximum atomic E-state index is 11.5. The smallest absolute Gasteiger partial charge is 0.227 e. The van der Waals surface area contributed by atoms with Crippen molar-refractivity contribution >= 4 is 41.5 Å². The predicted octanol–water partition coefficient (Wildman–Crippen LogP) is 1.20. The number of nitrogens with zero attached hydrogens (tertiary/aromatic N) is 2. The Balaban J connectivity index is 0.00000162.